The summed E-state index contributed by atoms with van der Waals surface area (Å²) in [7, 11) is 0. The Labute approximate surface area is 138 Å². The summed E-state index contributed by atoms with van der Waals surface area (Å²) >= 11 is 0. The van der Waals surface area contributed by atoms with Crippen molar-refractivity contribution in [3.63, 3.8) is 0 Å². The van der Waals surface area contributed by atoms with Gasteiger partial charge in [0.1, 0.15) is 0 Å². The Bertz CT molecular complexity index is 553. The molecule has 1 aromatic carbocycles. The number of carbonyl (C=O) groups excluding carboxylic acids is 2. The van der Waals surface area contributed by atoms with E-state index in [1.165, 1.54) is 5.56 Å². The van der Waals surface area contributed by atoms with Crippen LogP contribution in [0.15, 0.2) is 24.3 Å². The van der Waals surface area contributed by atoms with Crippen molar-refractivity contribution in [3.05, 3.63) is 29.8 Å². The van der Waals surface area contributed by atoms with E-state index in [1.54, 1.807) is 6.92 Å². The molecule has 0 saturated carbocycles. The van der Waals surface area contributed by atoms with Crippen LogP contribution in [0.4, 0.5) is 5.69 Å². The largest absolute Gasteiger partial charge is 0.340 e. The maximum atomic E-state index is 12.1. The van der Waals surface area contributed by atoms with Crippen LogP contribution in [0.5, 0.6) is 0 Å². The lowest BCUT2D eigenvalue weighted by Gasteiger charge is -2.33. The smallest absolute Gasteiger partial charge is 0.238 e. The average molecular weight is 317 g/mol. The predicted molar refractivity (Wildman–Crippen MR) is 92.5 cm³/mol. The fourth-order valence-electron chi connectivity index (χ4n) is 2.68. The zero-order chi connectivity index (χ0) is 17.0. The molecule has 5 nitrogen and oxygen atoms in total. The first-order chi connectivity index (χ1) is 10.8. The Hall–Kier alpha value is -1.88. The van der Waals surface area contributed by atoms with E-state index in [0.29, 0.717) is 19.6 Å². The van der Waals surface area contributed by atoms with Crippen molar-refractivity contribution >= 4 is 17.5 Å². The number of rotatable bonds is 3. The van der Waals surface area contributed by atoms with Crippen molar-refractivity contribution in [1.82, 2.24) is 9.80 Å². The predicted octanol–water partition coefficient (Wildman–Crippen LogP) is 2.09. The Morgan fingerprint density at radius 2 is 1.61 bits per heavy atom. The second-order valence-electron chi connectivity index (χ2n) is 7.16. The fraction of sp³-hybridized carbons (Fsp3) is 0.556. The number of carbonyl (C=O) groups is 2. The van der Waals surface area contributed by atoms with Gasteiger partial charge in [-0.3, -0.25) is 14.5 Å². The van der Waals surface area contributed by atoms with Crippen molar-refractivity contribution in [2.45, 2.75) is 33.1 Å². The summed E-state index contributed by atoms with van der Waals surface area (Å²) in [6.45, 7) is 11.3. The van der Waals surface area contributed by atoms with Gasteiger partial charge in [0.15, 0.2) is 0 Å². The third-order valence-electron chi connectivity index (χ3n) is 4.22. The number of nitrogens with one attached hydrogen (secondary N) is 1. The van der Waals surface area contributed by atoms with Crippen LogP contribution in [-0.2, 0) is 15.0 Å². The molecule has 2 rings (SSSR count). The van der Waals surface area contributed by atoms with Crippen molar-refractivity contribution in [3.8, 4) is 0 Å². The minimum absolute atomic E-state index is 0.00946. The van der Waals surface area contributed by atoms with E-state index in [2.05, 4.69) is 43.1 Å². The fourth-order valence-corrected chi connectivity index (χ4v) is 2.68. The summed E-state index contributed by atoms with van der Waals surface area (Å²) in [6, 6.07) is 8.01. The van der Waals surface area contributed by atoms with E-state index in [4.69, 9.17) is 0 Å². The van der Waals surface area contributed by atoms with Gasteiger partial charge in [0.25, 0.3) is 0 Å². The zero-order valence-corrected chi connectivity index (χ0v) is 14.6. The van der Waals surface area contributed by atoms with Gasteiger partial charge in [0, 0.05) is 38.8 Å². The molecule has 0 radical (unpaired) electrons. The molecule has 0 bridgehead atoms. The monoisotopic (exact) mass is 317 g/mol. The molecule has 1 N–H and O–H groups in total. The van der Waals surface area contributed by atoms with Crippen LogP contribution in [0.3, 0.4) is 0 Å². The molecule has 1 fully saturated rings. The highest BCUT2D eigenvalue weighted by Gasteiger charge is 2.20. The number of hydrogen-bond donors (Lipinski definition) is 1. The second-order valence-corrected chi connectivity index (χ2v) is 7.16. The molecule has 0 aliphatic carbocycles. The molecule has 2 amide bonds. The van der Waals surface area contributed by atoms with Crippen molar-refractivity contribution in [1.29, 1.82) is 0 Å². The van der Waals surface area contributed by atoms with E-state index < -0.39 is 0 Å². The lowest BCUT2D eigenvalue weighted by Crippen LogP contribution is -2.49. The molecule has 1 heterocycles. The minimum atomic E-state index is -0.00946. The van der Waals surface area contributed by atoms with Gasteiger partial charge in [0.2, 0.25) is 11.8 Å². The first-order valence-electron chi connectivity index (χ1n) is 8.14. The van der Waals surface area contributed by atoms with Crippen molar-refractivity contribution in [2.24, 2.45) is 0 Å². The molecule has 5 heteroatoms. The molecule has 1 saturated heterocycles. The Morgan fingerprint density at radius 1 is 1.04 bits per heavy atom. The van der Waals surface area contributed by atoms with Crippen LogP contribution in [0.25, 0.3) is 0 Å². The number of piperazine rings is 1. The SMILES string of the molecule is CC(=O)N1CCN(CC(=O)Nc2ccc(C(C)(C)C)cc2)CC1. The molecule has 126 valence electrons. The van der Waals surface area contributed by atoms with Gasteiger partial charge in [-0.05, 0) is 23.1 Å². The van der Waals surface area contributed by atoms with E-state index in [0.717, 1.165) is 18.8 Å². The zero-order valence-electron chi connectivity index (χ0n) is 14.6. The molecule has 1 aromatic rings. The van der Waals surface area contributed by atoms with Crippen molar-refractivity contribution in [2.75, 3.05) is 38.0 Å². The quantitative estimate of drug-likeness (QED) is 0.929. The number of nitrogens with zero attached hydrogens (tertiary/aromatic N) is 2. The summed E-state index contributed by atoms with van der Waals surface area (Å²) < 4.78 is 0. The van der Waals surface area contributed by atoms with Crippen LogP contribution >= 0.6 is 0 Å². The molecule has 1 aliphatic rings. The molecular weight excluding hydrogens is 290 g/mol. The standard InChI is InChI=1S/C18H27N3O2/c1-14(22)21-11-9-20(10-12-21)13-17(23)19-16-7-5-15(6-8-16)18(2,3)4/h5-8H,9-13H2,1-4H3,(H,19,23). The molecule has 0 atom stereocenters. The molecule has 1 aliphatic heterocycles. The number of hydrogen-bond acceptors (Lipinski definition) is 3. The van der Waals surface area contributed by atoms with Crippen molar-refractivity contribution < 1.29 is 9.59 Å². The summed E-state index contributed by atoms with van der Waals surface area (Å²) in [4.78, 5) is 27.3. The van der Waals surface area contributed by atoms with E-state index in [-0.39, 0.29) is 17.2 Å². The van der Waals surface area contributed by atoms with Crippen LogP contribution in [0, 0.1) is 0 Å². The van der Waals surface area contributed by atoms with Gasteiger partial charge < -0.3 is 10.2 Å². The summed E-state index contributed by atoms with van der Waals surface area (Å²) in [6.07, 6.45) is 0. The molecule has 23 heavy (non-hydrogen) atoms. The third-order valence-corrected chi connectivity index (χ3v) is 4.22. The van der Waals surface area contributed by atoms with Crippen LogP contribution in [-0.4, -0.2) is 54.3 Å². The minimum Gasteiger partial charge on any atom is -0.340 e. The number of benzene rings is 1. The summed E-state index contributed by atoms with van der Waals surface area (Å²) in [5, 5.41) is 2.94. The first-order valence-corrected chi connectivity index (χ1v) is 8.14. The highest BCUT2D eigenvalue weighted by Crippen LogP contribution is 2.23. The highest BCUT2D eigenvalue weighted by atomic mass is 16.2. The maximum absolute atomic E-state index is 12.1. The Morgan fingerprint density at radius 3 is 2.09 bits per heavy atom. The molecular formula is C18H27N3O2. The normalized spacial score (nSPS) is 16.3. The second kappa shape index (κ2) is 7.13. The maximum Gasteiger partial charge on any atom is 0.238 e. The number of anilines is 1. The first kappa shape index (κ1) is 17.5. The van der Waals surface area contributed by atoms with Crippen LogP contribution in [0.1, 0.15) is 33.3 Å². The topological polar surface area (TPSA) is 52.7 Å². The van der Waals surface area contributed by atoms with Gasteiger partial charge in [-0.2, -0.15) is 0 Å². The molecule has 0 unspecified atom stereocenters. The van der Waals surface area contributed by atoms with Gasteiger partial charge in [-0.25, -0.2) is 0 Å². The van der Waals surface area contributed by atoms with E-state index in [1.807, 2.05) is 17.0 Å². The lowest BCUT2D eigenvalue weighted by molar-refractivity contribution is -0.130. The molecule has 0 aromatic heterocycles. The summed E-state index contributed by atoms with van der Waals surface area (Å²) in [5.74, 6) is 0.0952. The Kier molecular flexibility index (Phi) is 5.42. The Balaban J connectivity index is 1.82. The highest BCUT2D eigenvalue weighted by molar-refractivity contribution is 5.92. The van der Waals surface area contributed by atoms with Crippen LogP contribution in [0.2, 0.25) is 0 Å². The third kappa shape index (κ3) is 5.06. The molecule has 0 spiro atoms. The van der Waals surface area contributed by atoms with E-state index >= 15 is 0 Å². The van der Waals surface area contributed by atoms with Gasteiger partial charge >= 0.3 is 0 Å². The summed E-state index contributed by atoms with van der Waals surface area (Å²) in [5.41, 5.74) is 2.18. The van der Waals surface area contributed by atoms with Crippen LogP contribution < -0.4 is 5.32 Å². The van der Waals surface area contributed by atoms with Gasteiger partial charge in [-0.15, -0.1) is 0 Å². The van der Waals surface area contributed by atoms with Gasteiger partial charge in [-0.1, -0.05) is 32.9 Å². The van der Waals surface area contributed by atoms with E-state index in [9.17, 15) is 9.59 Å². The number of amides is 2. The lowest BCUT2D eigenvalue weighted by atomic mass is 9.87. The average Bonchev–Trinajstić information content (AvgIpc) is 2.47. The van der Waals surface area contributed by atoms with Gasteiger partial charge in [0.05, 0.1) is 6.54 Å².